The van der Waals surface area contributed by atoms with Crippen molar-refractivity contribution in [2.45, 2.75) is 19.8 Å². The Labute approximate surface area is 161 Å². The average molecular weight is 389 g/mol. The van der Waals surface area contributed by atoms with E-state index >= 15 is 0 Å². The third kappa shape index (κ3) is 5.13. The molecular formula is C17H23N7O2S. The minimum atomic E-state index is -0.318. The maximum atomic E-state index is 12.3. The Balaban J connectivity index is 1.41. The molecule has 27 heavy (non-hydrogen) atoms. The van der Waals surface area contributed by atoms with Crippen LogP contribution in [0.25, 0.3) is 0 Å². The second-order valence-electron chi connectivity index (χ2n) is 6.47. The zero-order valence-electron chi connectivity index (χ0n) is 15.4. The van der Waals surface area contributed by atoms with Crippen LogP contribution in [0, 0.1) is 0 Å². The number of hydrogen-bond acceptors (Lipinski definition) is 7. The lowest BCUT2D eigenvalue weighted by Gasteiger charge is -2.35. The molecule has 0 aromatic carbocycles. The van der Waals surface area contributed by atoms with Gasteiger partial charge in [-0.15, -0.1) is 10.2 Å². The Kier molecular flexibility index (Phi) is 6.17. The number of amides is 3. The van der Waals surface area contributed by atoms with Crippen molar-refractivity contribution in [3.05, 3.63) is 29.4 Å². The number of urea groups is 1. The molecule has 2 aromatic heterocycles. The van der Waals surface area contributed by atoms with Crippen LogP contribution in [0.15, 0.2) is 24.4 Å². The molecule has 144 valence electrons. The highest BCUT2D eigenvalue weighted by molar-refractivity contribution is 7.15. The lowest BCUT2D eigenvalue weighted by atomic mass is 10.2. The molecule has 1 aliphatic rings. The SMILES string of the molecule is CC(C)c1nnc(NC(=O)CNC(=O)N2CCN(c3ccccn3)CC2)s1. The number of nitrogens with one attached hydrogen (secondary N) is 2. The highest BCUT2D eigenvalue weighted by atomic mass is 32.1. The Morgan fingerprint density at radius 1 is 1.19 bits per heavy atom. The lowest BCUT2D eigenvalue weighted by molar-refractivity contribution is -0.115. The fourth-order valence-electron chi connectivity index (χ4n) is 2.63. The Morgan fingerprint density at radius 3 is 2.59 bits per heavy atom. The van der Waals surface area contributed by atoms with Gasteiger partial charge in [-0.3, -0.25) is 10.1 Å². The van der Waals surface area contributed by atoms with Gasteiger partial charge in [-0.2, -0.15) is 0 Å². The van der Waals surface area contributed by atoms with Crippen molar-refractivity contribution in [3.63, 3.8) is 0 Å². The molecule has 1 aliphatic heterocycles. The summed E-state index contributed by atoms with van der Waals surface area (Å²) in [6, 6.07) is 5.54. The van der Waals surface area contributed by atoms with Crippen LogP contribution in [0.3, 0.4) is 0 Å². The van der Waals surface area contributed by atoms with E-state index in [1.165, 1.54) is 11.3 Å². The minimum Gasteiger partial charge on any atom is -0.353 e. The standard InChI is InChI=1S/C17H23N7O2S/c1-12(2)15-21-22-16(27-15)20-14(25)11-19-17(26)24-9-7-23(8-10-24)13-5-3-4-6-18-13/h3-6,12H,7-11H2,1-2H3,(H,19,26)(H,20,22,25). The van der Waals surface area contributed by atoms with Crippen molar-refractivity contribution < 1.29 is 9.59 Å². The van der Waals surface area contributed by atoms with Gasteiger partial charge in [0.25, 0.3) is 0 Å². The van der Waals surface area contributed by atoms with Gasteiger partial charge in [0.05, 0.1) is 6.54 Å². The highest BCUT2D eigenvalue weighted by Crippen LogP contribution is 2.22. The number of aromatic nitrogens is 3. The second-order valence-corrected chi connectivity index (χ2v) is 7.48. The van der Waals surface area contributed by atoms with E-state index in [2.05, 4.69) is 30.7 Å². The van der Waals surface area contributed by atoms with E-state index in [-0.39, 0.29) is 24.4 Å². The minimum absolute atomic E-state index is 0.101. The van der Waals surface area contributed by atoms with Crippen LogP contribution in [0.1, 0.15) is 24.8 Å². The van der Waals surface area contributed by atoms with E-state index in [0.717, 1.165) is 10.8 Å². The summed E-state index contributed by atoms with van der Waals surface area (Å²) in [5.74, 6) is 0.856. The van der Waals surface area contributed by atoms with Crippen molar-refractivity contribution in [2.75, 3.05) is 42.9 Å². The second kappa shape index (κ2) is 8.76. The number of nitrogens with zero attached hydrogens (tertiary/aromatic N) is 5. The first-order valence-corrected chi connectivity index (χ1v) is 9.66. The molecule has 0 spiro atoms. The highest BCUT2D eigenvalue weighted by Gasteiger charge is 2.22. The summed E-state index contributed by atoms with van der Waals surface area (Å²) in [5.41, 5.74) is 0. The number of rotatable bonds is 5. The zero-order valence-corrected chi connectivity index (χ0v) is 16.2. The summed E-state index contributed by atoms with van der Waals surface area (Å²) in [6.07, 6.45) is 1.76. The number of carbonyl (C=O) groups is 2. The normalized spacial score (nSPS) is 14.3. The van der Waals surface area contributed by atoms with Crippen molar-refractivity contribution in [2.24, 2.45) is 0 Å². The molecule has 9 nitrogen and oxygen atoms in total. The molecule has 2 aromatic rings. The van der Waals surface area contributed by atoms with Crippen LogP contribution in [0.2, 0.25) is 0 Å². The monoisotopic (exact) mass is 389 g/mol. The molecule has 0 atom stereocenters. The van der Waals surface area contributed by atoms with E-state index in [1.54, 1.807) is 11.1 Å². The van der Waals surface area contributed by atoms with Gasteiger partial charge in [-0.25, -0.2) is 9.78 Å². The molecule has 0 saturated carbocycles. The molecule has 0 unspecified atom stereocenters. The first kappa shape index (κ1) is 19.0. The van der Waals surface area contributed by atoms with Gasteiger partial charge in [-0.1, -0.05) is 31.3 Å². The van der Waals surface area contributed by atoms with E-state index in [0.29, 0.717) is 31.3 Å². The molecule has 0 bridgehead atoms. The first-order chi connectivity index (χ1) is 13.0. The maximum Gasteiger partial charge on any atom is 0.317 e. The Hall–Kier alpha value is -2.75. The zero-order chi connectivity index (χ0) is 19.2. The summed E-state index contributed by atoms with van der Waals surface area (Å²) < 4.78 is 0. The van der Waals surface area contributed by atoms with E-state index in [9.17, 15) is 9.59 Å². The number of hydrogen-bond donors (Lipinski definition) is 2. The molecule has 3 rings (SSSR count). The Bertz CT molecular complexity index is 773. The van der Waals surface area contributed by atoms with Gasteiger partial charge in [0.2, 0.25) is 11.0 Å². The van der Waals surface area contributed by atoms with Crippen molar-refractivity contribution in [1.82, 2.24) is 25.4 Å². The van der Waals surface area contributed by atoms with E-state index in [1.807, 2.05) is 32.0 Å². The molecule has 3 heterocycles. The summed E-state index contributed by atoms with van der Waals surface area (Å²) in [4.78, 5) is 32.4. The molecule has 0 aliphatic carbocycles. The van der Waals surface area contributed by atoms with Crippen molar-refractivity contribution >= 4 is 34.2 Å². The molecule has 0 radical (unpaired) electrons. The average Bonchev–Trinajstić information content (AvgIpc) is 3.16. The van der Waals surface area contributed by atoms with E-state index in [4.69, 9.17) is 0 Å². The molecule has 10 heteroatoms. The molecule has 1 fully saturated rings. The van der Waals surface area contributed by atoms with Crippen LogP contribution in [-0.4, -0.2) is 64.7 Å². The number of pyridine rings is 1. The predicted molar refractivity (Wildman–Crippen MR) is 104 cm³/mol. The van der Waals surface area contributed by atoms with Crippen LogP contribution in [0.5, 0.6) is 0 Å². The van der Waals surface area contributed by atoms with Crippen LogP contribution >= 0.6 is 11.3 Å². The van der Waals surface area contributed by atoms with Gasteiger partial charge in [0.1, 0.15) is 10.8 Å². The van der Waals surface area contributed by atoms with Gasteiger partial charge in [-0.05, 0) is 12.1 Å². The van der Waals surface area contributed by atoms with Crippen LogP contribution < -0.4 is 15.5 Å². The van der Waals surface area contributed by atoms with Crippen LogP contribution in [0.4, 0.5) is 15.7 Å². The van der Waals surface area contributed by atoms with Crippen molar-refractivity contribution in [1.29, 1.82) is 0 Å². The quantitative estimate of drug-likeness (QED) is 0.804. The largest absolute Gasteiger partial charge is 0.353 e. The van der Waals surface area contributed by atoms with E-state index < -0.39 is 0 Å². The summed E-state index contributed by atoms with van der Waals surface area (Å²) in [6.45, 7) is 6.50. The fourth-order valence-corrected chi connectivity index (χ4v) is 3.39. The Morgan fingerprint density at radius 2 is 1.96 bits per heavy atom. The third-order valence-electron chi connectivity index (χ3n) is 4.12. The molecule has 2 N–H and O–H groups in total. The topological polar surface area (TPSA) is 103 Å². The molecular weight excluding hydrogens is 366 g/mol. The van der Waals surface area contributed by atoms with Gasteiger partial charge >= 0.3 is 6.03 Å². The molecule has 1 saturated heterocycles. The molecule has 3 amide bonds. The van der Waals surface area contributed by atoms with Crippen LogP contribution in [-0.2, 0) is 4.79 Å². The number of anilines is 2. The van der Waals surface area contributed by atoms with Gasteiger partial charge < -0.3 is 15.1 Å². The summed E-state index contributed by atoms with van der Waals surface area (Å²) in [5, 5.41) is 14.6. The summed E-state index contributed by atoms with van der Waals surface area (Å²) >= 11 is 1.34. The lowest BCUT2D eigenvalue weighted by Crippen LogP contribution is -2.52. The maximum absolute atomic E-state index is 12.3. The van der Waals surface area contributed by atoms with Gasteiger partial charge in [0, 0.05) is 38.3 Å². The third-order valence-corrected chi connectivity index (χ3v) is 5.26. The predicted octanol–water partition coefficient (Wildman–Crippen LogP) is 1.53. The first-order valence-electron chi connectivity index (χ1n) is 8.85. The fraction of sp³-hybridized carbons (Fsp3) is 0.471. The van der Waals surface area contributed by atoms with Gasteiger partial charge in [0.15, 0.2) is 0 Å². The summed E-state index contributed by atoms with van der Waals surface area (Å²) in [7, 11) is 0. The van der Waals surface area contributed by atoms with Crippen molar-refractivity contribution in [3.8, 4) is 0 Å². The number of piperazine rings is 1. The smallest absolute Gasteiger partial charge is 0.317 e. The number of carbonyl (C=O) groups excluding carboxylic acids is 2.